The first-order chi connectivity index (χ1) is 11.2. The lowest BCUT2D eigenvalue weighted by atomic mass is 9.94. The number of carboxylic acids is 1. The molecule has 4 heteroatoms. The summed E-state index contributed by atoms with van der Waals surface area (Å²) in [5.41, 5.74) is 2.09. The highest BCUT2D eigenvalue weighted by Gasteiger charge is 2.52. The van der Waals surface area contributed by atoms with Crippen LogP contribution in [0.4, 0.5) is 0 Å². The van der Waals surface area contributed by atoms with E-state index < -0.39 is 11.4 Å². The van der Waals surface area contributed by atoms with Crippen molar-refractivity contribution < 1.29 is 14.6 Å². The first-order valence-corrected chi connectivity index (χ1v) is 8.27. The summed E-state index contributed by atoms with van der Waals surface area (Å²) in [4.78, 5) is 11.6. The van der Waals surface area contributed by atoms with Crippen LogP contribution in [0.2, 0.25) is 0 Å². The Morgan fingerprint density at radius 3 is 2.57 bits per heavy atom. The number of aliphatic carboxylic acids is 1. The quantitative estimate of drug-likeness (QED) is 0.784. The van der Waals surface area contributed by atoms with E-state index in [1.807, 2.05) is 48.6 Å². The van der Waals surface area contributed by atoms with Crippen LogP contribution in [-0.4, -0.2) is 17.0 Å². The highest BCUT2D eigenvalue weighted by Crippen LogP contribution is 2.53. The number of benzene rings is 1. The predicted molar refractivity (Wildman–Crippen MR) is 90.1 cm³/mol. The monoisotopic (exact) mass is 330 g/mol. The highest BCUT2D eigenvalue weighted by molar-refractivity contribution is 6.19. The number of halogens is 1. The minimum Gasteiger partial charge on any atom is -0.489 e. The van der Waals surface area contributed by atoms with Crippen molar-refractivity contribution in [2.24, 2.45) is 5.41 Å². The maximum atomic E-state index is 11.6. The summed E-state index contributed by atoms with van der Waals surface area (Å²) in [7, 11) is 0. The zero-order chi connectivity index (χ0) is 16.3. The Morgan fingerprint density at radius 1 is 1.22 bits per heavy atom. The van der Waals surface area contributed by atoms with E-state index in [-0.39, 0.29) is 0 Å². The highest BCUT2D eigenvalue weighted by atomic mass is 35.5. The smallest absolute Gasteiger partial charge is 0.314 e. The number of hydrogen-bond acceptors (Lipinski definition) is 2. The van der Waals surface area contributed by atoms with Gasteiger partial charge in [-0.05, 0) is 36.5 Å². The molecule has 0 bridgehead atoms. The molecule has 23 heavy (non-hydrogen) atoms. The van der Waals surface area contributed by atoms with Crippen molar-refractivity contribution in [1.29, 1.82) is 0 Å². The standard InChI is InChI=1S/C19H19ClO3/c20-12-15-7-4-8-16(19(9-10-19)18(21)22)11-17(15)23-13-14-5-2-1-3-6-14/h1-3,5-8,11H,4,9-10,12-13H2,(H,21,22). The van der Waals surface area contributed by atoms with Gasteiger partial charge in [-0.15, -0.1) is 11.6 Å². The van der Waals surface area contributed by atoms with Crippen LogP contribution in [0.5, 0.6) is 0 Å². The molecule has 0 spiro atoms. The van der Waals surface area contributed by atoms with Gasteiger partial charge in [0.05, 0.1) is 11.3 Å². The van der Waals surface area contributed by atoms with E-state index in [0.717, 1.165) is 16.7 Å². The van der Waals surface area contributed by atoms with Crippen molar-refractivity contribution in [1.82, 2.24) is 0 Å². The van der Waals surface area contributed by atoms with Crippen LogP contribution in [0.25, 0.3) is 0 Å². The number of hydrogen-bond donors (Lipinski definition) is 1. The van der Waals surface area contributed by atoms with Gasteiger partial charge in [0.25, 0.3) is 0 Å². The van der Waals surface area contributed by atoms with Crippen molar-refractivity contribution in [2.45, 2.75) is 25.9 Å². The van der Waals surface area contributed by atoms with Crippen molar-refractivity contribution in [3.8, 4) is 0 Å². The molecule has 3 rings (SSSR count). The number of rotatable bonds is 6. The van der Waals surface area contributed by atoms with Crippen LogP contribution >= 0.6 is 11.6 Å². The molecule has 0 aliphatic heterocycles. The summed E-state index contributed by atoms with van der Waals surface area (Å²) >= 11 is 6.04. The maximum absolute atomic E-state index is 11.6. The first kappa shape index (κ1) is 15.9. The molecule has 3 nitrogen and oxygen atoms in total. The second-order valence-electron chi connectivity index (χ2n) is 5.93. The predicted octanol–water partition coefficient (Wildman–Crippen LogP) is 4.45. The molecule has 2 aliphatic carbocycles. The van der Waals surface area contributed by atoms with Gasteiger partial charge in [0, 0.05) is 5.57 Å². The molecule has 0 atom stereocenters. The molecule has 0 aromatic heterocycles. The fourth-order valence-electron chi connectivity index (χ4n) is 2.80. The third-order valence-corrected chi connectivity index (χ3v) is 4.69. The third kappa shape index (κ3) is 3.35. The Bertz CT molecular complexity index is 682. The van der Waals surface area contributed by atoms with Gasteiger partial charge in [-0.3, -0.25) is 4.79 Å². The first-order valence-electron chi connectivity index (χ1n) is 7.73. The molecule has 2 aliphatic rings. The van der Waals surface area contributed by atoms with Crippen LogP contribution in [0.1, 0.15) is 24.8 Å². The molecule has 1 N–H and O–H groups in total. The Balaban J connectivity index is 1.83. The van der Waals surface area contributed by atoms with Crippen LogP contribution in [0.15, 0.2) is 65.5 Å². The molecule has 0 radical (unpaired) electrons. The topological polar surface area (TPSA) is 46.5 Å². The largest absolute Gasteiger partial charge is 0.489 e. The van der Waals surface area contributed by atoms with E-state index in [4.69, 9.17) is 16.3 Å². The number of carbonyl (C=O) groups is 1. The molecule has 0 saturated heterocycles. The van der Waals surface area contributed by atoms with Crippen LogP contribution in [0.3, 0.4) is 0 Å². The summed E-state index contributed by atoms with van der Waals surface area (Å²) in [6, 6.07) is 9.89. The molecular weight excluding hydrogens is 312 g/mol. The normalized spacial score (nSPS) is 19.1. The van der Waals surface area contributed by atoms with Crippen molar-refractivity contribution in [3.63, 3.8) is 0 Å². The van der Waals surface area contributed by atoms with Gasteiger partial charge >= 0.3 is 5.97 Å². The molecule has 1 fully saturated rings. The maximum Gasteiger partial charge on any atom is 0.314 e. The van der Waals surface area contributed by atoms with E-state index in [1.54, 1.807) is 0 Å². The SMILES string of the molecule is O=C(O)C1(C2=CCC=C(CCl)C(OCc3ccccc3)=C2)CC1. The Hall–Kier alpha value is -2.00. The Kier molecular flexibility index (Phi) is 4.58. The van der Waals surface area contributed by atoms with Crippen molar-refractivity contribution in [3.05, 3.63) is 71.0 Å². The molecule has 0 amide bonds. The lowest BCUT2D eigenvalue weighted by Gasteiger charge is -2.15. The average Bonchev–Trinajstić information content (AvgIpc) is 3.38. The minimum atomic E-state index is -0.753. The van der Waals surface area contributed by atoms with Gasteiger partial charge in [0.2, 0.25) is 0 Å². The second kappa shape index (κ2) is 6.63. The Labute approximate surface area is 140 Å². The lowest BCUT2D eigenvalue weighted by Crippen LogP contribution is -2.17. The number of allylic oxidation sites excluding steroid dienone is 4. The second-order valence-corrected chi connectivity index (χ2v) is 6.20. The van der Waals surface area contributed by atoms with E-state index in [0.29, 0.717) is 37.5 Å². The molecule has 0 unspecified atom stereocenters. The van der Waals surface area contributed by atoms with Gasteiger partial charge in [0.1, 0.15) is 12.4 Å². The van der Waals surface area contributed by atoms with Gasteiger partial charge in [-0.1, -0.05) is 42.5 Å². The zero-order valence-corrected chi connectivity index (χ0v) is 13.6. The summed E-state index contributed by atoms with van der Waals surface area (Å²) in [5, 5.41) is 9.51. The molecule has 1 aromatic rings. The Morgan fingerprint density at radius 2 is 1.96 bits per heavy atom. The van der Waals surface area contributed by atoms with E-state index >= 15 is 0 Å². The van der Waals surface area contributed by atoms with Crippen molar-refractivity contribution >= 4 is 17.6 Å². The summed E-state index contributed by atoms with van der Waals surface area (Å²) in [5.74, 6) is 0.277. The number of carboxylic acid groups (broad SMARTS) is 1. The fraction of sp³-hybridized carbons (Fsp3) is 0.316. The van der Waals surface area contributed by atoms with E-state index in [1.165, 1.54) is 0 Å². The zero-order valence-electron chi connectivity index (χ0n) is 12.8. The fourth-order valence-corrected chi connectivity index (χ4v) is 3.04. The molecule has 1 saturated carbocycles. The molecular formula is C19H19ClO3. The van der Waals surface area contributed by atoms with E-state index in [9.17, 15) is 9.90 Å². The summed E-state index contributed by atoms with van der Waals surface area (Å²) < 4.78 is 5.96. The van der Waals surface area contributed by atoms with Crippen LogP contribution in [-0.2, 0) is 16.1 Å². The van der Waals surface area contributed by atoms with Crippen molar-refractivity contribution in [2.75, 3.05) is 5.88 Å². The molecule has 0 heterocycles. The number of ether oxygens (including phenoxy) is 1. The van der Waals surface area contributed by atoms with Crippen LogP contribution < -0.4 is 0 Å². The minimum absolute atomic E-state index is 0.349. The number of alkyl halides is 1. The average molecular weight is 331 g/mol. The molecule has 120 valence electrons. The summed E-state index contributed by atoms with van der Waals surface area (Å²) in [6.07, 6.45) is 7.91. The van der Waals surface area contributed by atoms with Gasteiger partial charge in [-0.25, -0.2) is 0 Å². The van der Waals surface area contributed by atoms with Crippen LogP contribution in [0, 0.1) is 5.41 Å². The van der Waals surface area contributed by atoms with E-state index in [2.05, 4.69) is 0 Å². The van der Waals surface area contributed by atoms with Gasteiger partial charge < -0.3 is 9.84 Å². The summed E-state index contributed by atoms with van der Waals surface area (Å²) in [6.45, 7) is 0.439. The molecule has 1 aromatic carbocycles. The third-order valence-electron chi connectivity index (χ3n) is 4.40. The lowest BCUT2D eigenvalue weighted by molar-refractivity contribution is -0.141. The van der Waals surface area contributed by atoms with Gasteiger partial charge in [-0.2, -0.15) is 0 Å². The van der Waals surface area contributed by atoms with Gasteiger partial charge in [0.15, 0.2) is 0 Å².